The lowest BCUT2D eigenvalue weighted by Crippen LogP contribution is -2.33. The molecular weight excluding hydrogens is 216 g/mol. The number of hydrogen-bond donors (Lipinski definition) is 2. The lowest BCUT2D eigenvalue weighted by atomic mass is 9.94. The van der Waals surface area contributed by atoms with Crippen LogP contribution in [0.25, 0.3) is 0 Å². The molecule has 1 aliphatic rings. The monoisotopic (exact) mass is 242 g/mol. The highest BCUT2D eigenvalue weighted by atomic mass is 16.5. The number of piperidine rings is 1. The molecule has 0 unspecified atom stereocenters. The van der Waals surface area contributed by atoms with Crippen LogP contribution in [-0.2, 0) is 9.53 Å². The van der Waals surface area contributed by atoms with E-state index in [0.717, 1.165) is 45.4 Å². The molecule has 0 spiro atoms. The second kappa shape index (κ2) is 9.42. The van der Waals surface area contributed by atoms with Crippen molar-refractivity contribution in [3.05, 3.63) is 0 Å². The molecule has 17 heavy (non-hydrogen) atoms. The molecule has 100 valence electrons. The van der Waals surface area contributed by atoms with E-state index in [1.54, 1.807) is 0 Å². The van der Waals surface area contributed by atoms with E-state index in [1.165, 1.54) is 0 Å². The van der Waals surface area contributed by atoms with Crippen LogP contribution in [0.3, 0.4) is 0 Å². The lowest BCUT2D eigenvalue weighted by Gasteiger charge is -2.21. The molecule has 1 fully saturated rings. The van der Waals surface area contributed by atoms with Gasteiger partial charge in [0, 0.05) is 19.6 Å². The van der Waals surface area contributed by atoms with E-state index in [2.05, 4.69) is 17.6 Å². The second-order valence-electron chi connectivity index (χ2n) is 4.71. The maximum atomic E-state index is 11.6. The van der Waals surface area contributed by atoms with E-state index in [4.69, 9.17) is 4.74 Å². The van der Waals surface area contributed by atoms with E-state index in [1.807, 2.05) is 0 Å². The molecule has 2 N–H and O–H groups in total. The smallest absolute Gasteiger partial charge is 0.220 e. The van der Waals surface area contributed by atoms with Crippen molar-refractivity contribution in [3.8, 4) is 0 Å². The van der Waals surface area contributed by atoms with Gasteiger partial charge in [0.1, 0.15) is 0 Å². The Kier molecular flexibility index (Phi) is 8.01. The fourth-order valence-electron chi connectivity index (χ4n) is 2.03. The Labute approximate surface area is 104 Å². The van der Waals surface area contributed by atoms with Gasteiger partial charge in [-0.05, 0) is 38.3 Å². The molecular formula is C13H26N2O2. The van der Waals surface area contributed by atoms with Gasteiger partial charge in [0.25, 0.3) is 0 Å². The molecule has 0 aromatic carbocycles. The summed E-state index contributed by atoms with van der Waals surface area (Å²) in [5, 5.41) is 6.23. The van der Waals surface area contributed by atoms with Crippen molar-refractivity contribution < 1.29 is 9.53 Å². The van der Waals surface area contributed by atoms with E-state index >= 15 is 0 Å². The molecule has 0 aromatic heterocycles. The molecule has 4 heteroatoms. The first-order chi connectivity index (χ1) is 8.33. The van der Waals surface area contributed by atoms with E-state index < -0.39 is 0 Å². The standard InChI is InChI=1S/C13H26N2O2/c1-2-3-9-17-10-8-15-13(16)11-12-4-6-14-7-5-12/h12,14H,2-11H2,1H3,(H,15,16). The fourth-order valence-corrected chi connectivity index (χ4v) is 2.03. The summed E-state index contributed by atoms with van der Waals surface area (Å²) in [5.41, 5.74) is 0. The summed E-state index contributed by atoms with van der Waals surface area (Å²) in [6.45, 7) is 6.34. The van der Waals surface area contributed by atoms with Crippen LogP contribution in [0.2, 0.25) is 0 Å². The largest absolute Gasteiger partial charge is 0.380 e. The second-order valence-corrected chi connectivity index (χ2v) is 4.71. The van der Waals surface area contributed by atoms with Crippen LogP contribution in [0, 0.1) is 5.92 Å². The fraction of sp³-hybridized carbons (Fsp3) is 0.923. The third-order valence-corrected chi connectivity index (χ3v) is 3.14. The summed E-state index contributed by atoms with van der Waals surface area (Å²) in [6, 6.07) is 0. The van der Waals surface area contributed by atoms with Crippen molar-refractivity contribution in [2.24, 2.45) is 5.92 Å². The van der Waals surface area contributed by atoms with Gasteiger partial charge in [-0.1, -0.05) is 13.3 Å². The maximum Gasteiger partial charge on any atom is 0.220 e. The average molecular weight is 242 g/mol. The van der Waals surface area contributed by atoms with Crippen LogP contribution in [0.4, 0.5) is 0 Å². The number of nitrogens with one attached hydrogen (secondary N) is 2. The number of hydrogen-bond acceptors (Lipinski definition) is 3. The summed E-state index contributed by atoms with van der Waals surface area (Å²) in [7, 11) is 0. The first-order valence-electron chi connectivity index (χ1n) is 6.88. The van der Waals surface area contributed by atoms with Crippen LogP contribution < -0.4 is 10.6 Å². The molecule has 1 saturated heterocycles. The molecule has 0 saturated carbocycles. The third-order valence-electron chi connectivity index (χ3n) is 3.14. The minimum absolute atomic E-state index is 0.177. The minimum atomic E-state index is 0.177. The van der Waals surface area contributed by atoms with Crippen LogP contribution in [0.15, 0.2) is 0 Å². The number of ether oxygens (including phenoxy) is 1. The third kappa shape index (κ3) is 7.34. The zero-order valence-corrected chi connectivity index (χ0v) is 11.0. The molecule has 4 nitrogen and oxygen atoms in total. The maximum absolute atomic E-state index is 11.6. The summed E-state index contributed by atoms with van der Waals surface area (Å²) in [4.78, 5) is 11.6. The van der Waals surface area contributed by atoms with Gasteiger partial charge >= 0.3 is 0 Å². The van der Waals surface area contributed by atoms with Crippen LogP contribution in [-0.4, -0.2) is 38.8 Å². The Morgan fingerprint density at radius 2 is 2.12 bits per heavy atom. The van der Waals surface area contributed by atoms with Gasteiger partial charge in [-0.2, -0.15) is 0 Å². The van der Waals surface area contributed by atoms with Gasteiger partial charge in [-0.25, -0.2) is 0 Å². The predicted molar refractivity (Wildman–Crippen MR) is 68.9 cm³/mol. The van der Waals surface area contributed by atoms with Crippen molar-refractivity contribution >= 4 is 5.91 Å². The van der Waals surface area contributed by atoms with Gasteiger partial charge in [0.15, 0.2) is 0 Å². The Hall–Kier alpha value is -0.610. The van der Waals surface area contributed by atoms with Gasteiger partial charge in [-0.15, -0.1) is 0 Å². The molecule has 0 bridgehead atoms. The van der Waals surface area contributed by atoms with Crippen LogP contribution in [0.5, 0.6) is 0 Å². The predicted octanol–water partition coefficient (Wildman–Crippen LogP) is 1.31. The number of carbonyl (C=O) groups is 1. The molecule has 1 amide bonds. The lowest BCUT2D eigenvalue weighted by molar-refractivity contribution is -0.122. The van der Waals surface area contributed by atoms with Gasteiger partial charge in [0.2, 0.25) is 5.91 Å². The number of amides is 1. The van der Waals surface area contributed by atoms with Gasteiger partial charge in [-0.3, -0.25) is 4.79 Å². The van der Waals surface area contributed by atoms with E-state index in [9.17, 15) is 4.79 Å². The summed E-state index contributed by atoms with van der Waals surface area (Å²) in [5.74, 6) is 0.744. The SMILES string of the molecule is CCCCOCCNC(=O)CC1CCNCC1. The number of rotatable bonds is 8. The molecule has 0 radical (unpaired) electrons. The molecule has 0 atom stereocenters. The molecule has 1 rings (SSSR count). The summed E-state index contributed by atoms with van der Waals surface area (Å²) in [6.07, 6.45) is 5.18. The van der Waals surface area contributed by atoms with E-state index in [-0.39, 0.29) is 5.91 Å². The molecule has 1 heterocycles. The molecule has 0 aromatic rings. The number of carbonyl (C=O) groups excluding carboxylic acids is 1. The summed E-state index contributed by atoms with van der Waals surface area (Å²) >= 11 is 0. The normalized spacial score (nSPS) is 17.0. The van der Waals surface area contributed by atoms with Crippen LogP contribution >= 0.6 is 0 Å². The van der Waals surface area contributed by atoms with Crippen molar-refractivity contribution in [3.63, 3.8) is 0 Å². The average Bonchev–Trinajstić information content (AvgIpc) is 2.35. The molecule has 0 aliphatic carbocycles. The zero-order chi connectivity index (χ0) is 12.3. The Bertz CT molecular complexity index is 204. The highest BCUT2D eigenvalue weighted by Crippen LogP contribution is 2.15. The summed E-state index contributed by atoms with van der Waals surface area (Å²) < 4.78 is 5.39. The van der Waals surface area contributed by atoms with Crippen LogP contribution in [0.1, 0.15) is 39.0 Å². The van der Waals surface area contributed by atoms with E-state index in [0.29, 0.717) is 25.5 Å². The van der Waals surface area contributed by atoms with Crippen molar-refractivity contribution in [2.45, 2.75) is 39.0 Å². The topological polar surface area (TPSA) is 50.4 Å². The minimum Gasteiger partial charge on any atom is -0.380 e. The highest BCUT2D eigenvalue weighted by molar-refractivity contribution is 5.76. The highest BCUT2D eigenvalue weighted by Gasteiger charge is 2.16. The molecule has 1 aliphatic heterocycles. The van der Waals surface area contributed by atoms with Crippen molar-refractivity contribution in [1.29, 1.82) is 0 Å². The first kappa shape index (κ1) is 14.5. The first-order valence-corrected chi connectivity index (χ1v) is 6.88. The van der Waals surface area contributed by atoms with Crippen molar-refractivity contribution in [1.82, 2.24) is 10.6 Å². The Morgan fingerprint density at radius 1 is 1.35 bits per heavy atom. The van der Waals surface area contributed by atoms with Crippen molar-refractivity contribution in [2.75, 3.05) is 32.8 Å². The Balaban J connectivity index is 1.93. The Morgan fingerprint density at radius 3 is 2.82 bits per heavy atom. The quantitative estimate of drug-likeness (QED) is 0.631. The number of unbranched alkanes of at least 4 members (excludes halogenated alkanes) is 1. The zero-order valence-electron chi connectivity index (χ0n) is 11.0. The van der Waals surface area contributed by atoms with Gasteiger partial charge < -0.3 is 15.4 Å². The van der Waals surface area contributed by atoms with Gasteiger partial charge in [0.05, 0.1) is 6.61 Å².